The van der Waals surface area contributed by atoms with Crippen molar-refractivity contribution in [2.45, 2.75) is 26.3 Å². The second-order valence-corrected chi connectivity index (χ2v) is 4.88. The van der Waals surface area contributed by atoms with Crippen molar-refractivity contribution >= 4 is 17.4 Å². The van der Waals surface area contributed by atoms with E-state index in [9.17, 15) is 4.79 Å². The van der Waals surface area contributed by atoms with E-state index in [2.05, 4.69) is 36.1 Å². The van der Waals surface area contributed by atoms with Gasteiger partial charge in [0, 0.05) is 12.6 Å². The van der Waals surface area contributed by atoms with Crippen molar-refractivity contribution in [3.8, 4) is 0 Å². The summed E-state index contributed by atoms with van der Waals surface area (Å²) in [7, 11) is 2.09. The molecule has 5 N–H and O–H groups in total. The molecule has 6 heteroatoms. The van der Waals surface area contributed by atoms with Gasteiger partial charge in [0.15, 0.2) is 0 Å². The molecule has 0 aromatic carbocycles. The molecule has 0 unspecified atom stereocenters. The number of nitrogens with one attached hydrogen (secondary N) is 1. The van der Waals surface area contributed by atoms with Gasteiger partial charge in [0.25, 0.3) is 5.91 Å². The summed E-state index contributed by atoms with van der Waals surface area (Å²) in [5.41, 5.74) is 11.5. The number of hydrogen-bond acceptors (Lipinski definition) is 5. The van der Waals surface area contributed by atoms with Gasteiger partial charge in [-0.3, -0.25) is 4.79 Å². The third kappa shape index (κ3) is 4.75. The average molecular weight is 265 g/mol. The average Bonchev–Trinajstić information content (AvgIpc) is 2.35. The van der Waals surface area contributed by atoms with Crippen LogP contribution in [0.2, 0.25) is 0 Å². The van der Waals surface area contributed by atoms with Crippen LogP contribution in [-0.2, 0) is 0 Å². The van der Waals surface area contributed by atoms with Gasteiger partial charge in [0.05, 0.1) is 17.4 Å². The molecule has 1 aromatic rings. The molecule has 0 aliphatic carbocycles. The molecule has 1 rings (SSSR count). The lowest BCUT2D eigenvalue weighted by molar-refractivity contribution is 0.100. The number of anilines is 2. The first kappa shape index (κ1) is 15.2. The van der Waals surface area contributed by atoms with E-state index in [1.807, 2.05) is 0 Å². The number of rotatable bonds is 7. The molecule has 0 fully saturated rings. The van der Waals surface area contributed by atoms with Gasteiger partial charge in [-0.15, -0.1) is 0 Å². The fourth-order valence-corrected chi connectivity index (χ4v) is 1.58. The molecule has 0 atom stereocenters. The molecular weight excluding hydrogens is 242 g/mol. The lowest BCUT2D eigenvalue weighted by Crippen LogP contribution is -2.28. The predicted molar refractivity (Wildman–Crippen MR) is 78.0 cm³/mol. The maximum absolute atomic E-state index is 11.1. The monoisotopic (exact) mass is 265 g/mol. The van der Waals surface area contributed by atoms with Gasteiger partial charge in [-0.25, -0.2) is 4.98 Å². The van der Waals surface area contributed by atoms with Crippen molar-refractivity contribution in [2.75, 3.05) is 31.2 Å². The maximum Gasteiger partial charge on any atom is 0.250 e. The number of primary amides is 1. The van der Waals surface area contributed by atoms with Crippen LogP contribution in [0.3, 0.4) is 0 Å². The smallest absolute Gasteiger partial charge is 0.250 e. The summed E-state index contributed by atoms with van der Waals surface area (Å²) >= 11 is 0. The third-order valence-corrected chi connectivity index (χ3v) is 3.08. The Hall–Kier alpha value is -1.82. The highest BCUT2D eigenvalue weighted by atomic mass is 16.1. The van der Waals surface area contributed by atoms with Crippen LogP contribution in [0.5, 0.6) is 0 Å². The van der Waals surface area contributed by atoms with E-state index in [4.69, 9.17) is 11.5 Å². The third-order valence-electron chi connectivity index (χ3n) is 3.08. The second-order valence-electron chi connectivity index (χ2n) is 4.88. The minimum absolute atomic E-state index is 0.303. The summed E-state index contributed by atoms with van der Waals surface area (Å²) in [4.78, 5) is 17.5. The van der Waals surface area contributed by atoms with E-state index in [1.165, 1.54) is 6.20 Å². The normalized spacial score (nSPS) is 11.0. The van der Waals surface area contributed by atoms with Crippen LogP contribution < -0.4 is 16.8 Å². The largest absolute Gasteiger partial charge is 0.397 e. The number of carbonyl (C=O) groups is 1. The van der Waals surface area contributed by atoms with Crippen molar-refractivity contribution < 1.29 is 4.79 Å². The molecule has 0 saturated heterocycles. The lowest BCUT2D eigenvalue weighted by atomic mass is 10.2. The molecule has 0 bridgehead atoms. The summed E-state index contributed by atoms with van der Waals surface area (Å²) in [5, 5.41) is 3.16. The standard InChI is InChI=1S/C13H23N5O/c1-9(2)18(3)6-4-5-16-12-7-10(13(15)19)11(14)8-17-12/h7-9H,4-6,14H2,1-3H3,(H2,15,19)(H,16,17). The minimum atomic E-state index is -0.539. The Morgan fingerprint density at radius 3 is 2.79 bits per heavy atom. The fourth-order valence-electron chi connectivity index (χ4n) is 1.58. The SMILES string of the molecule is CC(C)N(C)CCCNc1cc(C(N)=O)c(N)cn1. The van der Waals surface area contributed by atoms with Crippen molar-refractivity contribution in [1.82, 2.24) is 9.88 Å². The van der Waals surface area contributed by atoms with Crippen LogP contribution in [0.25, 0.3) is 0 Å². The topological polar surface area (TPSA) is 97.3 Å². The van der Waals surface area contributed by atoms with Gasteiger partial charge in [-0.05, 0) is 39.9 Å². The zero-order chi connectivity index (χ0) is 14.4. The molecule has 0 saturated carbocycles. The minimum Gasteiger partial charge on any atom is -0.397 e. The Balaban J connectivity index is 2.46. The first-order chi connectivity index (χ1) is 8.91. The molecule has 0 spiro atoms. The number of aromatic nitrogens is 1. The van der Waals surface area contributed by atoms with E-state index >= 15 is 0 Å². The Morgan fingerprint density at radius 1 is 1.53 bits per heavy atom. The van der Waals surface area contributed by atoms with Gasteiger partial charge >= 0.3 is 0 Å². The van der Waals surface area contributed by atoms with E-state index in [-0.39, 0.29) is 0 Å². The zero-order valence-electron chi connectivity index (χ0n) is 11.8. The van der Waals surface area contributed by atoms with E-state index in [0.717, 1.165) is 19.5 Å². The molecule has 106 valence electrons. The van der Waals surface area contributed by atoms with Crippen molar-refractivity contribution in [3.63, 3.8) is 0 Å². The molecule has 6 nitrogen and oxygen atoms in total. The molecule has 0 radical (unpaired) electrons. The summed E-state index contributed by atoms with van der Waals surface area (Å²) in [6, 6.07) is 2.13. The highest BCUT2D eigenvalue weighted by Crippen LogP contribution is 2.13. The van der Waals surface area contributed by atoms with Crippen LogP contribution in [0.1, 0.15) is 30.6 Å². The van der Waals surface area contributed by atoms with Gasteiger partial charge in [-0.2, -0.15) is 0 Å². The van der Waals surface area contributed by atoms with Gasteiger partial charge in [-0.1, -0.05) is 0 Å². The lowest BCUT2D eigenvalue weighted by Gasteiger charge is -2.20. The van der Waals surface area contributed by atoms with Gasteiger partial charge in [0.1, 0.15) is 5.82 Å². The number of nitrogens with two attached hydrogens (primary N) is 2. The Bertz CT molecular complexity index is 433. The van der Waals surface area contributed by atoms with E-state index < -0.39 is 5.91 Å². The molecule has 1 heterocycles. The fraction of sp³-hybridized carbons (Fsp3) is 0.538. The zero-order valence-corrected chi connectivity index (χ0v) is 11.8. The highest BCUT2D eigenvalue weighted by Gasteiger charge is 2.07. The molecule has 1 aromatic heterocycles. The Morgan fingerprint density at radius 2 is 2.21 bits per heavy atom. The molecule has 19 heavy (non-hydrogen) atoms. The Labute approximate surface area is 114 Å². The van der Waals surface area contributed by atoms with Gasteiger partial charge in [0.2, 0.25) is 0 Å². The Kier molecular flexibility index (Phi) is 5.57. The maximum atomic E-state index is 11.1. The highest BCUT2D eigenvalue weighted by molar-refractivity contribution is 5.98. The molecular formula is C13H23N5O. The first-order valence-corrected chi connectivity index (χ1v) is 6.41. The van der Waals surface area contributed by atoms with Crippen LogP contribution >= 0.6 is 0 Å². The van der Waals surface area contributed by atoms with Crippen LogP contribution in [-0.4, -0.2) is 42.0 Å². The van der Waals surface area contributed by atoms with E-state index in [0.29, 0.717) is 23.1 Å². The van der Waals surface area contributed by atoms with Crippen molar-refractivity contribution in [1.29, 1.82) is 0 Å². The molecule has 0 aliphatic rings. The summed E-state index contributed by atoms with van der Waals surface area (Å²) in [5.74, 6) is 0.0812. The first-order valence-electron chi connectivity index (χ1n) is 6.41. The summed E-state index contributed by atoms with van der Waals surface area (Å²) in [6.07, 6.45) is 2.44. The summed E-state index contributed by atoms with van der Waals surface area (Å²) < 4.78 is 0. The van der Waals surface area contributed by atoms with Gasteiger partial charge < -0.3 is 21.7 Å². The predicted octanol–water partition coefficient (Wildman–Crippen LogP) is 0.905. The number of carbonyl (C=O) groups excluding carboxylic acids is 1. The van der Waals surface area contributed by atoms with Crippen molar-refractivity contribution in [2.24, 2.45) is 5.73 Å². The number of nitrogens with zero attached hydrogens (tertiary/aromatic N) is 2. The van der Waals surface area contributed by atoms with Crippen LogP contribution in [0.15, 0.2) is 12.3 Å². The number of hydrogen-bond donors (Lipinski definition) is 3. The van der Waals surface area contributed by atoms with Crippen LogP contribution in [0.4, 0.5) is 11.5 Å². The molecule has 1 amide bonds. The van der Waals surface area contributed by atoms with Crippen molar-refractivity contribution in [3.05, 3.63) is 17.8 Å². The van der Waals surface area contributed by atoms with E-state index in [1.54, 1.807) is 6.07 Å². The number of pyridine rings is 1. The summed E-state index contributed by atoms with van der Waals surface area (Å²) in [6.45, 7) is 6.11. The number of amides is 1. The molecule has 0 aliphatic heterocycles. The van der Waals surface area contributed by atoms with Crippen LogP contribution in [0, 0.1) is 0 Å². The number of nitrogen functional groups attached to an aromatic ring is 1. The quantitative estimate of drug-likeness (QED) is 0.636. The second kappa shape index (κ2) is 6.94.